The highest BCUT2D eigenvalue weighted by molar-refractivity contribution is 7.16. The Kier molecular flexibility index (Phi) is 7.62. The number of nitrogens with zero attached hydrogens (tertiary/aromatic N) is 4. The van der Waals surface area contributed by atoms with Crippen molar-refractivity contribution in [2.75, 3.05) is 23.7 Å². The number of anilines is 3. The van der Waals surface area contributed by atoms with Crippen LogP contribution < -0.4 is 10.6 Å². The number of benzene rings is 2. The van der Waals surface area contributed by atoms with E-state index in [9.17, 15) is 18.4 Å². The third-order valence-corrected chi connectivity index (χ3v) is 7.90. The van der Waals surface area contributed by atoms with Crippen LogP contribution in [0.2, 0.25) is 0 Å². The summed E-state index contributed by atoms with van der Waals surface area (Å²) in [4.78, 5) is 39.6. The van der Waals surface area contributed by atoms with Crippen molar-refractivity contribution in [3.8, 4) is 11.3 Å². The van der Waals surface area contributed by atoms with Gasteiger partial charge in [0.2, 0.25) is 11.9 Å². The van der Waals surface area contributed by atoms with Gasteiger partial charge in [0.15, 0.2) is 0 Å². The lowest BCUT2D eigenvalue weighted by Gasteiger charge is -2.25. The van der Waals surface area contributed by atoms with Crippen LogP contribution in [0, 0.1) is 5.92 Å². The number of hydrogen-bond donors (Lipinski definition) is 2. The molecule has 1 aliphatic heterocycles. The number of thiazole rings is 1. The Morgan fingerprint density at radius 1 is 1.10 bits per heavy atom. The standard InChI is InChI=1S/C30H26F2N6O3S/c31-30(32)16-23(30)26(39)35-22-8-4-7-21(15-22)24-9-12-33-28(36-24)37-25-17-34-27(42-25)20-10-13-38(14-11-20)29(40)41-18-19-5-2-1-3-6-19/h1-10,12,15,17,23H,11,13-14,16,18H2,(H,35,39)(H,33,36,37)/t23-/m0/s1. The summed E-state index contributed by atoms with van der Waals surface area (Å²) in [5.74, 6) is -4.52. The molecule has 42 heavy (non-hydrogen) atoms. The van der Waals surface area contributed by atoms with Crippen LogP contribution in [0.3, 0.4) is 0 Å². The smallest absolute Gasteiger partial charge is 0.410 e. The van der Waals surface area contributed by atoms with Crippen molar-refractivity contribution in [1.82, 2.24) is 19.9 Å². The van der Waals surface area contributed by atoms with Gasteiger partial charge in [-0.05, 0) is 35.8 Å². The van der Waals surface area contributed by atoms with Gasteiger partial charge in [-0.15, -0.1) is 0 Å². The summed E-state index contributed by atoms with van der Waals surface area (Å²) in [5, 5.41) is 7.33. The number of nitrogens with one attached hydrogen (secondary N) is 2. The number of aromatic nitrogens is 3. The molecular weight excluding hydrogens is 562 g/mol. The van der Waals surface area contributed by atoms with Crippen molar-refractivity contribution >= 4 is 45.5 Å². The number of carbonyl (C=O) groups is 2. The summed E-state index contributed by atoms with van der Waals surface area (Å²) in [5.41, 5.74) is 3.71. The molecule has 6 rings (SSSR count). The van der Waals surface area contributed by atoms with Gasteiger partial charge < -0.3 is 20.3 Å². The summed E-state index contributed by atoms with van der Waals surface area (Å²) >= 11 is 1.46. The summed E-state index contributed by atoms with van der Waals surface area (Å²) < 4.78 is 31.9. The number of rotatable bonds is 8. The number of alkyl halides is 2. The van der Waals surface area contributed by atoms with Gasteiger partial charge in [0.05, 0.1) is 11.9 Å². The predicted octanol–water partition coefficient (Wildman–Crippen LogP) is 6.36. The molecule has 0 spiro atoms. The second-order valence-corrected chi connectivity index (χ2v) is 11.0. The van der Waals surface area contributed by atoms with E-state index >= 15 is 0 Å². The van der Waals surface area contributed by atoms with E-state index in [-0.39, 0.29) is 12.7 Å². The Bertz CT molecular complexity index is 1640. The Morgan fingerprint density at radius 2 is 1.93 bits per heavy atom. The zero-order valence-electron chi connectivity index (χ0n) is 22.3. The van der Waals surface area contributed by atoms with Crippen LogP contribution >= 0.6 is 11.3 Å². The van der Waals surface area contributed by atoms with Gasteiger partial charge in [-0.1, -0.05) is 59.9 Å². The number of hydrogen-bond acceptors (Lipinski definition) is 8. The molecule has 3 heterocycles. The van der Waals surface area contributed by atoms with Crippen LogP contribution in [0.1, 0.15) is 23.4 Å². The number of amides is 2. The van der Waals surface area contributed by atoms with Crippen molar-refractivity contribution in [2.24, 2.45) is 5.92 Å². The van der Waals surface area contributed by atoms with Crippen LogP contribution in [0.4, 0.5) is 30.2 Å². The first-order valence-electron chi connectivity index (χ1n) is 13.3. The quantitative estimate of drug-likeness (QED) is 0.246. The average Bonchev–Trinajstić information content (AvgIpc) is 3.41. The van der Waals surface area contributed by atoms with Crippen LogP contribution in [0.5, 0.6) is 0 Å². The van der Waals surface area contributed by atoms with Crippen molar-refractivity contribution in [3.63, 3.8) is 0 Å². The minimum Gasteiger partial charge on any atom is -0.445 e. The maximum absolute atomic E-state index is 13.2. The molecule has 2 aromatic heterocycles. The fraction of sp³-hybridized carbons (Fsp3) is 0.233. The second-order valence-electron chi connectivity index (χ2n) is 9.97. The minimum atomic E-state index is -2.92. The normalized spacial score (nSPS) is 17.2. The molecule has 0 bridgehead atoms. The molecule has 9 nitrogen and oxygen atoms in total. The van der Waals surface area contributed by atoms with E-state index in [4.69, 9.17) is 4.74 Å². The Hall–Kier alpha value is -4.71. The Balaban J connectivity index is 1.05. The number of halogens is 2. The molecule has 0 saturated heterocycles. The Labute approximate surface area is 244 Å². The fourth-order valence-corrected chi connectivity index (χ4v) is 5.37. The molecule has 214 valence electrons. The molecule has 1 saturated carbocycles. The maximum Gasteiger partial charge on any atom is 0.410 e. The maximum atomic E-state index is 13.2. The van der Waals surface area contributed by atoms with Crippen molar-refractivity contribution in [2.45, 2.75) is 25.4 Å². The molecule has 2 N–H and O–H groups in total. The molecule has 1 fully saturated rings. The molecule has 12 heteroatoms. The van der Waals surface area contributed by atoms with E-state index in [0.717, 1.165) is 21.1 Å². The summed E-state index contributed by atoms with van der Waals surface area (Å²) in [7, 11) is 0. The van der Waals surface area contributed by atoms with Gasteiger partial charge in [0, 0.05) is 37.0 Å². The predicted molar refractivity (Wildman–Crippen MR) is 155 cm³/mol. The summed E-state index contributed by atoms with van der Waals surface area (Å²) in [6.07, 6.45) is 5.20. The van der Waals surface area contributed by atoms with Crippen LogP contribution in [0.15, 0.2) is 79.1 Å². The van der Waals surface area contributed by atoms with Gasteiger partial charge in [-0.3, -0.25) is 4.79 Å². The first-order valence-corrected chi connectivity index (χ1v) is 14.2. The minimum absolute atomic E-state index is 0.238. The van der Waals surface area contributed by atoms with Gasteiger partial charge in [-0.25, -0.2) is 28.5 Å². The SMILES string of the molecule is O=C(Nc1cccc(-c2ccnc(Nc3cnc(C4=CCN(C(=O)OCc5ccccc5)CC4)s3)n2)c1)[C@@H]1CC1(F)F. The van der Waals surface area contributed by atoms with Gasteiger partial charge in [0.1, 0.15) is 22.5 Å². The first-order chi connectivity index (χ1) is 20.3. The zero-order valence-corrected chi connectivity index (χ0v) is 23.1. The molecule has 2 amide bonds. The van der Waals surface area contributed by atoms with Crippen LogP contribution in [0.25, 0.3) is 16.8 Å². The topological polar surface area (TPSA) is 109 Å². The van der Waals surface area contributed by atoms with E-state index < -0.39 is 24.2 Å². The van der Waals surface area contributed by atoms with Crippen molar-refractivity contribution < 1.29 is 23.1 Å². The molecule has 4 aromatic rings. The van der Waals surface area contributed by atoms with E-state index in [1.54, 1.807) is 41.6 Å². The largest absolute Gasteiger partial charge is 0.445 e. The highest BCUT2D eigenvalue weighted by atomic mass is 32.1. The highest BCUT2D eigenvalue weighted by Crippen LogP contribution is 2.49. The zero-order chi connectivity index (χ0) is 29.1. The lowest BCUT2D eigenvalue weighted by molar-refractivity contribution is -0.119. The number of ether oxygens (including phenoxy) is 1. The number of carbonyl (C=O) groups excluding carboxylic acids is 2. The van der Waals surface area contributed by atoms with E-state index in [2.05, 4.69) is 25.6 Å². The molecule has 2 aromatic carbocycles. The molecule has 1 atom stereocenters. The summed E-state index contributed by atoms with van der Waals surface area (Å²) in [6.45, 7) is 1.22. The van der Waals surface area contributed by atoms with E-state index in [1.165, 1.54) is 11.3 Å². The second kappa shape index (κ2) is 11.6. The third-order valence-electron chi connectivity index (χ3n) is 6.91. The van der Waals surface area contributed by atoms with Crippen molar-refractivity contribution in [3.05, 3.63) is 89.7 Å². The fourth-order valence-electron chi connectivity index (χ4n) is 4.49. The lowest BCUT2D eigenvalue weighted by atomic mass is 10.1. The monoisotopic (exact) mass is 588 g/mol. The van der Waals surface area contributed by atoms with Crippen LogP contribution in [-0.2, 0) is 16.1 Å². The lowest BCUT2D eigenvalue weighted by Crippen LogP contribution is -2.35. The molecule has 2 aliphatic rings. The highest BCUT2D eigenvalue weighted by Gasteiger charge is 2.61. The van der Waals surface area contributed by atoms with Gasteiger partial charge >= 0.3 is 6.09 Å². The first kappa shape index (κ1) is 27.5. The van der Waals surface area contributed by atoms with Crippen LogP contribution in [-0.4, -0.2) is 50.9 Å². The van der Waals surface area contributed by atoms with E-state index in [1.807, 2.05) is 42.5 Å². The Morgan fingerprint density at radius 3 is 2.69 bits per heavy atom. The molecule has 1 aliphatic carbocycles. The van der Waals surface area contributed by atoms with Gasteiger partial charge in [-0.2, -0.15) is 0 Å². The van der Waals surface area contributed by atoms with Crippen molar-refractivity contribution in [1.29, 1.82) is 0 Å². The van der Waals surface area contributed by atoms with E-state index in [0.29, 0.717) is 42.4 Å². The third kappa shape index (κ3) is 6.44. The average molecular weight is 589 g/mol. The molecule has 0 unspecified atom stereocenters. The molecular formula is C30H26F2N6O3S. The summed E-state index contributed by atoms with van der Waals surface area (Å²) in [6, 6.07) is 18.2. The molecule has 0 radical (unpaired) electrons. The van der Waals surface area contributed by atoms with Gasteiger partial charge in [0.25, 0.3) is 5.92 Å².